The first-order chi connectivity index (χ1) is 5.65. The van der Waals surface area contributed by atoms with Gasteiger partial charge in [-0.2, -0.15) is 0 Å². The Morgan fingerprint density at radius 3 is 2.83 bits per heavy atom. The van der Waals surface area contributed by atoms with Crippen LogP contribution in [0, 0.1) is 5.82 Å². The summed E-state index contributed by atoms with van der Waals surface area (Å²) in [5.74, 6) is -0.268. The summed E-state index contributed by atoms with van der Waals surface area (Å²) in [6.07, 6.45) is 0. The summed E-state index contributed by atoms with van der Waals surface area (Å²) in [7, 11) is 1.73. The molecule has 1 aromatic rings. The zero-order valence-electron chi connectivity index (χ0n) is 6.56. The van der Waals surface area contributed by atoms with Crippen molar-refractivity contribution in [1.29, 1.82) is 0 Å². The minimum atomic E-state index is -0.357. The molecule has 1 aromatic carbocycles. The van der Waals surface area contributed by atoms with Crippen LogP contribution in [0.4, 0.5) is 4.39 Å². The van der Waals surface area contributed by atoms with Gasteiger partial charge in [0.05, 0.1) is 4.47 Å². The Bertz CT molecular complexity index is 291. The summed E-state index contributed by atoms with van der Waals surface area (Å²) >= 11 is 3.05. The molecule has 0 aliphatic carbocycles. The van der Waals surface area contributed by atoms with Crippen molar-refractivity contribution >= 4 is 15.9 Å². The van der Waals surface area contributed by atoms with Crippen molar-refractivity contribution in [3.8, 4) is 5.75 Å². The van der Waals surface area contributed by atoms with Crippen LogP contribution in [0.15, 0.2) is 16.6 Å². The van der Waals surface area contributed by atoms with E-state index in [-0.39, 0.29) is 11.6 Å². The van der Waals surface area contributed by atoms with Gasteiger partial charge < -0.3 is 10.4 Å². The fourth-order valence-electron chi connectivity index (χ4n) is 0.944. The first kappa shape index (κ1) is 9.48. The van der Waals surface area contributed by atoms with Gasteiger partial charge in [-0.1, -0.05) is 0 Å². The highest BCUT2D eigenvalue weighted by Crippen LogP contribution is 2.28. The van der Waals surface area contributed by atoms with Gasteiger partial charge in [0.25, 0.3) is 0 Å². The predicted octanol–water partition coefficient (Wildman–Crippen LogP) is 2.01. The fourth-order valence-corrected chi connectivity index (χ4v) is 1.42. The van der Waals surface area contributed by atoms with Crippen molar-refractivity contribution in [1.82, 2.24) is 5.32 Å². The van der Waals surface area contributed by atoms with Gasteiger partial charge in [-0.15, -0.1) is 0 Å². The summed E-state index contributed by atoms with van der Waals surface area (Å²) in [6, 6.07) is 2.53. The molecule has 2 nitrogen and oxygen atoms in total. The number of phenols is 1. The molecule has 0 saturated heterocycles. The molecule has 0 saturated carbocycles. The Labute approximate surface area is 78.5 Å². The van der Waals surface area contributed by atoms with Gasteiger partial charge in [0.2, 0.25) is 0 Å². The van der Waals surface area contributed by atoms with Gasteiger partial charge in [-0.05, 0) is 35.1 Å². The molecular weight excluding hydrogens is 225 g/mol. The number of aromatic hydroxyl groups is 1. The van der Waals surface area contributed by atoms with Crippen molar-refractivity contribution < 1.29 is 9.50 Å². The largest absolute Gasteiger partial charge is 0.506 e. The third kappa shape index (κ3) is 1.95. The first-order valence-corrected chi connectivity index (χ1v) is 4.26. The Morgan fingerprint density at radius 2 is 2.25 bits per heavy atom. The molecular formula is C8H9BrFNO. The van der Waals surface area contributed by atoms with E-state index >= 15 is 0 Å². The summed E-state index contributed by atoms with van der Waals surface area (Å²) < 4.78 is 13.1. The number of nitrogens with one attached hydrogen (secondary N) is 1. The van der Waals surface area contributed by atoms with Crippen LogP contribution in [-0.4, -0.2) is 12.2 Å². The van der Waals surface area contributed by atoms with Gasteiger partial charge in [0.1, 0.15) is 11.6 Å². The second-order valence-corrected chi connectivity index (χ2v) is 3.28. The van der Waals surface area contributed by atoms with Crippen LogP contribution in [0.1, 0.15) is 5.56 Å². The smallest absolute Gasteiger partial charge is 0.134 e. The Hall–Kier alpha value is -0.610. The average molecular weight is 234 g/mol. The first-order valence-electron chi connectivity index (χ1n) is 3.46. The molecule has 12 heavy (non-hydrogen) atoms. The highest BCUT2D eigenvalue weighted by Gasteiger charge is 2.06. The van der Waals surface area contributed by atoms with E-state index in [0.29, 0.717) is 16.6 Å². The zero-order chi connectivity index (χ0) is 9.14. The minimum Gasteiger partial charge on any atom is -0.506 e. The van der Waals surface area contributed by atoms with Gasteiger partial charge in [0.15, 0.2) is 0 Å². The molecule has 0 aliphatic heterocycles. The molecule has 0 heterocycles. The lowest BCUT2D eigenvalue weighted by Gasteiger charge is -2.05. The number of phenolic OH excluding ortho intramolecular Hbond substituents is 1. The van der Waals surface area contributed by atoms with E-state index in [2.05, 4.69) is 21.2 Å². The highest BCUT2D eigenvalue weighted by atomic mass is 79.9. The standard InChI is InChI=1S/C8H9BrFNO/c1-11-4-5-2-6(10)3-7(9)8(5)12/h2-3,11-12H,4H2,1H3. The van der Waals surface area contributed by atoms with Crippen LogP contribution in [0.5, 0.6) is 5.75 Å². The molecule has 0 fully saturated rings. The van der Waals surface area contributed by atoms with Crippen molar-refractivity contribution in [2.45, 2.75) is 6.54 Å². The number of hydrogen-bond acceptors (Lipinski definition) is 2. The third-order valence-corrected chi connectivity index (χ3v) is 2.08. The average Bonchev–Trinajstić information content (AvgIpc) is 2.00. The molecule has 0 amide bonds. The number of rotatable bonds is 2. The van der Waals surface area contributed by atoms with Crippen molar-refractivity contribution in [2.75, 3.05) is 7.05 Å². The topological polar surface area (TPSA) is 32.3 Å². The molecule has 0 bridgehead atoms. The van der Waals surface area contributed by atoms with Gasteiger partial charge in [-0.25, -0.2) is 4.39 Å². The van der Waals surface area contributed by atoms with E-state index in [1.807, 2.05) is 0 Å². The fraction of sp³-hybridized carbons (Fsp3) is 0.250. The molecule has 0 atom stereocenters. The maximum atomic E-state index is 12.8. The summed E-state index contributed by atoms with van der Waals surface area (Å²) in [4.78, 5) is 0. The second-order valence-electron chi connectivity index (χ2n) is 2.43. The lowest BCUT2D eigenvalue weighted by atomic mass is 10.2. The van der Waals surface area contributed by atoms with E-state index in [1.165, 1.54) is 12.1 Å². The van der Waals surface area contributed by atoms with Gasteiger partial charge in [0, 0.05) is 12.1 Å². The van der Waals surface area contributed by atoms with Crippen molar-refractivity contribution in [3.63, 3.8) is 0 Å². The van der Waals surface area contributed by atoms with Crippen molar-refractivity contribution in [2.24, 2.45) is 0 Å². The zero-order valence-corrected chi connectivity index (χ0v) is 8.15. The molecule has 2 N–H and O–H groups in total. The van der Waals surface area contributed by atoms with Crippen LogP contribution in [-0.2, 0) is 6.54 Å². The molecule has 0 radical (unpaired) electrons. The maximum Gasteiger partial charge on any atom is 0.134 e. The normalized spacial score (nSPS) is 10.2. The molecule has 4 heteroatoms. The van der Waals surface area contributed by atoms with Crippen LogP contribution >= 0.6 is 15.9 Å². The Morgan fingerprint density at radius 1 is 1.58 bits per heavy atom. The SMILES string of the molecule is CNCc1cc(F)cc(Br)c1O. The van der Waals surface area contributed by atoms with E-state index in [9.17, 15) is 9.50 Å². The lowest BCUT2D eigenvalue weighted by Crippen LogP contribution is -2.05. The summed E-state index contributed by atoms with van der Waals surface area (Å²) in [6.45, 7) is 0.447. The summed E-state index contributed by atoms with van der Waals surface area (Å²) in [5, 5.41) is 12.2. The van der Waals surface area contributed by atoms with Crippen LogP contribution in [0.3, 0.4) is 0 Å². The van der Waals surface area contributed by atoms with E-state index in [0.717, 1.165) is 0 Å². The number of benzene rings is 1. The summed E-state index contributed by atoms with van der Waals surface area (Å²) in [5.41, 5.74) is 0.546. The molecule has 66 valence electrons. The van der Waals surface area contributed by atoms with Gasteiger partial charge in [-0.3, -0.25) is 0 Å². The second kappa shape index (κ2) is 3.87. The highest BCUT2D eigenvalue weighted by molar-refractivity contribution is 9.10. The van der Waals surface area contributed by atoms with Crippen molar-refractivity contribution in [3.05, 3.63) is 28.0 Å². The molecule has 0 unspecified atom stereocenters. The molecule has 0 aliphatic rings. The molecule has 1 rings (SSSR count). The van der Waals surface area contributed by atoms with E-state index in [1.54, 1.807) is 7.05 Å². The Balaban J connectivity index is 3.09. The van der Waals surface area contributed by atoms with E-state index < -0.39 is 0 Å². The predicted molar refractivity (Wildman–Crippen MR) is 48.5 cm³/mol. The molecule has 0 aromatic heterocycles. The van der Waals surface area contributed by atoms with E-state index in [4.69, 9.17) is 0 Å². The Kier molecular flexibility index (Phi) is 3.05. The van der Waals surface area contributed by atoms with Crippen LogP contribution in [0.2, 0.25) is 0 Å². The number of hydrogen-bond donors (Lipinski definition) is 2. The lowest BCUT2D eigenvalue weighted by molar-refractivity contribution is 0.459. The molecule has 0 spiro atoms. The third-order valence-electron chi connectivity index (χ3n) is 1.47. The van der Waals surface area contributed by atoms with Crippen LogP contribution in [0.25, 0.3) is 0 Å². The number of halogens is 2. The van der Waals surface area contributed by atoms with Crippen LogP contribution < -0.4 is 5.32 Å². The maximum absolute atomic E-state index is 12.8. The quantitative estimate of drug-likeness (QED) is 0.820. The minimum absolute atomic E-state index is 0.0887. The van der Waals surface area contributed by atoms with Gasteiger partial charge >= 0.3 is 0 Å². The monoisotopic (exact) mass is 233 g/mol.